The molecule has 1 N–H and O–H groups in total. The molecule has 0 fully saturated rings. The minimum absolute atomic E-state index is 0.0151. The number of benzene rings is 3. The SMILES string of the molecule is COc1ccc(CO[C@@H](CC(=O)C[C@H](O)c2ccc(OC)cc2)c2ccc([N+](=O)[O-])cc2)cc1. The summed E-state index contributed by atoms with van der Waals surface area (Å²) in [5.74, 6) is 1.19. The Balaban J connectivity index is 1.70. The summed E-state index contributed by atoms with van der Waals surface area (Å²) >= 11 is 0. The van der Waals surface area contributed by atoms with Crippen molar-refractivity contribution in [3.8, 4) is 11.5 Å². The van der Waals surface area contributed by atoms with E-state index >= 15 is 0 Å². The number of hydrogen-bond donors (Lipinski definition) is 1. The highest BCUT2D eigenvalue weighted by Gasteiger charge is 2.21. The molecule has 0 unspecified atom stereocenters. The van der Waals surface area contributed by atoms with Gasteiger partial charge in [-0.2, -0.15) is 0 Å². The summed E-state index contributed by atoms with van der Waals surface area (Å²) < 4.78 is 16.3. The van der Waals surface area contributed by atoms with Crippen LogP contribution in [0.15, 0.2) is 72.8 Å². The van der Waals surface area contributed by atoms with Crippen LogP contribution in [-0.4, -0.2) is 30.0 Å². The predicted molar refractivity (Wildman–Crippen MR) is 126 cm³/mol. The number of ketones is 1. The van der Waals surface area contributed by atoms with E-state index in [2.05, 4.69) is 0 Å². The smallest absolute Gasteiger partial charge is 0.269 e. The van der Waals surface area contributed by atoms with Crippen LogP contribution in [-0.2, 0) is 16.1 Å². The van der Waals surface area contributed by atoms with Gasteiger partial charge in [-0.15, -0.1) is 0 Å². The molecular weight excluding hydrogens is 438 g/mol. The zero-order valence-corrected chi connectivity index (χ0v) is 19.0. The van der Waals surface area contributed by atoms with Crippen LogP contribution in [0.1, 0.15) is 41.7 Å². The van der Waals surface area contributed by atoms with Crippen molar-refractivity contribution in [2.24, 2.45) is 0 Å². The molecule has 0 aromatic heterocycles. The number of aliphatic hydroxyl groups excluding tert-OH is 1. The Labute approximate surface area is 197 Å². The molecule has 2 atom stereocenters. The zero-order chi connectivity index (χ0) is 24.5. The highest BCUT2D eigenvalue weighted by atomic mass is 16.6. The third kappa shape index (κ3) is 6.87. The topological polar surface area (TPSA) is 108 Å². The molecular formula is C26H27NO7. The summed E-state index contributed by atoms with van der Waals surface area (Å²) in [7, 11) is 3.14. The van der Waals surface area contributed by atoms with Gasteiger partial charge in [0.05, 0.1) is 38.0 Å². The number of methoxy groups -OCH3 is 2. The van der Waals surface area contributed by atoms with Gasteiger partial charge in [0.25, 0.3) is 5.69 Å². The van der Waals surface area contributed by atoms with Crippen molar-refractivity contribution < 1.29 is 29.0 Å². The standard InChI is InChI=1S/C26H27NO7/c1-32-23-11-3-18(4-12-23)17-34-26(20-5-9-21(10-6-20)27(30)31)16-22(28)15-25(29)19-7-13-24(33-2)14-8-19/h3-14,25-26,29H,15-17H2,1-2H3/t25-,26-/m0/s1. The first kappa shape index (κ1) is 24.9. The highest BCUT2D eigenvalue weighted by Crippen LogP contribution is 2.28. The van der Waals surface area contributed by atoms with Crippen molar-refractivity contribution in [2.75, 3.05) is 14.2 Å². The van der Waals surface area contributed by atoms with Gasteiger partial charge in [-0.25, -0.2) is 0 Å². The lowest BCUT2D eigenvalue weighted by atomic mass is 9.98. The van der Waals surface area contributed by atoms with E-state index in [1.54, 1.807) is 50.6 Å². The van der Waals surface area contributed by atoms with Gasteiger partial charge in [0.2, 0.25) is 0 Å². The van der Waals surface area contributed by atoms with E-state index in [1.807, 2.05) is 24.3 Å². The minimum atomic E-state index is -0.961. The van der Waals surface area contributed by atoms with E-state index in [9.17, 15) is 20.0 Å². The Morgan fingerprint density at radius 3 is 1.91 bits per heavy atom. The number of carbonyl (C=O) groups is 1. The number of carbonyl (C=O) groups excluding carboxylic acids is 1. The number of Topliss-reactive ketones (excluding diaryl/α,β-unsaturated/α-hetero) is 1. The summed E-state index contributed by atoms with van der Waals surface area (Å²) in [5.41, 5.74) is 2.10. The number of rotatable bonds is 12. The van der Waals surface area contributed by atoms with Gasteiger partial charge in [-0.3, -0.25) is 14.9 Å². The zero-order valence-electron chi connectivity index (χ0n) is 19.0. The lowest BCUT2D eigenvalue weighted by Crippen LogP contribution is -2.14. The Kier molecular flexibility index (Phi) is 8.73. The normalized spacial score (nSPS) is 12.6. The summed E-state index contributed by atoms with van der Waals surface area (Å²) in [6.07, 6.45) is -1.65. The molecule has 0 saturated heterocycles. The average Bonchev–Trinajstić information content (AvgIpc) is 2.86. The molecule has 178 valence electrons. The molecule has 3 rings (SSSR count). The van der Waals surface area contributed by atoms with Gasteiger partial charge in [0.15, 0.2) is 0 Å². The third-order valence-electron chi connectivity index (χ3n) is 5.42. The van der Waals surface area contributed by atoms with Crippen LogP contribution in [0.2, 0.25) is 0 Å². The maximum absolute atomic E-state index is 12.8. The number of nitro benzene ring substituents is 1. The molecule has 0 aliphatic heterocycles. The van der Waals surface area contributed by atoms with E-state index < -0.39 is 17.1 Å². The molecule has 0 aliphatic carbocycles. The lowest BCUT2D eigenvalue weighted by Gasteiger charge is -2.19. The van der Waals surface area contributed by atoms with Crippen molar-refractivity contribution >= 4 is 11.5 Å². The number of aliphatic hydroxyl groups is 1. The number of ether oxygens (including phenoxy) is 3. The van der Waals surface area contributed by atoms with Gasteiger partial charge in [0, 0.05) is 25.0 Å². The Morgan fingerprint density at radius 1 is 0.853 bits per heavy atom. The van der Waals surface area contributed by atoms with Crippen molar-refractivity contribution in [3.05, 3.63) is 99.6 Å². The van der Waals surface area contributed by atoms with Gasteiger partial charge in [-0.05, 0) is 53.1 Å². The minimum Gasteiger partial charge on any atom is -0.497 e. The fraction of sp³-hybridized carbons (Fsp3) is 0.269. The molecule has 8 heteroatoms. The average molecular weight is 466 g/mol. The lowest BCUT2D eigenvalue weighted by molar-refractivity contribution is -0.384. The molecule has 8 nitrogen and oxygen atoms in total. The van der Waals surface area contributed by atoms with Crippen molar-refractivity contribution in [1.29, 1.82) is 0 Å². The maximum Gasteiger partial charge on any atom is 0.269 e. The van der Waals surface area contributed by atoms with E-state index in [0.29, 0.717) is 16.9 Å². The molecule has 3 aromatic carbocycles. The van der Waals surface area contributed by atoms with Gasteiger partial charge >= 0.3 is 0 Å². The Bertz CT molecular complexity index is 1080. The molecule has 0 spiro atoms. The second-order valence-electron chi connectivity index (χ2n) is 7.73. The molecule has 0 amide bonds. The number of nitrogens with zero attached hydrogens (tertiary/aromatic N) is 1. The molecule has 3 aromatic rings. The van der Waals surface area contributed by atoms with Gasteiger partial charge < -0.3 is 19.3 Å². The second kappa shape index (κ2) is 11.9. The van der Waals surface area contributed by atoms with Gasteiger partial charge in [0.1, 0.15) is 17.3 Å². The fourth-order valence-corrected chi connectivity index (χ4v) is 3.45. The first-order valence-corrected chi connectivity index (χ1v) is 10.7. The van der Waals surface area contributed by atoms with Crippen LogP contribution in [0.25, 0.3) is 0 Å². The number of nitro groups is 1. The summed E-state index contributed by atoms with van der Waals surface area (Å²) in [5, 5.41) is 21.5. The molecule has 0 saturated carbocycles. The molecule has 34 heavy (non-hydrogen) atoms. The molecule has 0 bridgehead atoms. The van der Waals surface area contributed by atoms with Crippen LogP contribution in [0.4, 0.5) is 5.69 Å². The first-order chi connectivity index (χ1) is 16.4. The summed E-state index contributed by atoms with van der Waals surface area (Å²) in [6.45, 7) is 0.236. The second-order valence-corrected chi connectivity index (χ2v) is 7.73. The van der Waals surface area contributed by atoms with Crippen LogP contribution >= 0.6 is 0 Å². The van der Waals surface area contributed by atoms with Crippen LogP contribution in [0.5, 0.6) is 11.5 Å². The quantitative estimate of drug-likeness (QED) is 0.298. The van der Waals surface area contributed by atoms with Crippen LogP contribution in [0, 0.1) is 10.1 Å². The summed E-state index contributed by atoms with van der Waals surface area (Å²) in [4.78, 5) is 23.3. The monoisotopic (exact) mass is 465 g/mol. The van der Waals surface area contributed by atoms with Crippen LogP contribution in [0.3, 0.4) is 0 Å². The first-order valence-electron chi connectivity index (χ1n) is 10.7. The third-order valence-corrected chi connectivity index (χ3v) is 5.42. The van der Waals surface area contributed by atoms with Crippen LogP contribution < -0.4 is 9.47 Å². The van der Waals surface area contributed by atoms with E-state index in [-0.39, 0.29) is 30.9 Å². The Hall–Kier alpha value is -3.75. The molecule has 0 heterocycles. The van der Waals surface area contributed by atoms with Crippen molar-refractivity contribution in [1.82, 2.24) is 0 Å². The van der Waals surface area contributed by atoms with Gasteiger partial charge in [-0.1, -0.05) is 24.3 Å². The summed E-state index contributed by atoms with van der Waals surface area (Å²) in [6, 6.07) is 20.2. The van der Waals surface area contributed by atoms with E-state index in [1.165, 1.54) is 12.1 Å². The fourth-order valence-electron chi connectivity index (χ4n) is 3.45. The van der Waals surface area contributed by atoms with Crippen molar-refractivity contribution in [3.63, 3.8) is 0 Å². The number of non-ortho nitro benzene ring substituents is 1. The van der Waals surface area contributed by atoms with E-state index in [0.717, 1.165) is 11.3 Å². The maximum atomic E-state index is 12.8. The molecule has 0 aliphatic rings. The Morgan fingerprint density at radius 2 is 1.38 bits per heavy atom. The largest absolute Gasteiger partial charge is 0.497 e. The number of hydrogen-bond acceptors (Lipinski definition) is 7. The van der Waals surface area contributed by atoms with E-state index in [4.69, 9.17) is 14.2 Å². The van der Waals surface area contributed by atoms with Crippen molar-refractivity contribution in [2.45, 2.75) is 31.7 Å². The predicted octanol–water partition coefficient (Wildman–Crippen LogP) is 4.95. The molecule has 0 radical (unpaired) electrons. The highest BCUT2D eigenvalue weighted by molar-refractivity contribution is 5.79.